The van der Waals surface area contributed by atoms with E-state index in [1.165, 1.54) is 18.4 Å². The van der Waals surface area contributed by atoms with Gasteiger partial charge in [0.05, 0.1) is 28.3 Å². The van der Waals surface area contributed by atoms with Crippen molar-refractivity contribution in [2.24, 2.45) is 17.6 Å². The van der Waals surface area contributed by atoms with Crippen molar-refractivity contribution in [1.29, 1.82) is 0 Å². The molecule has 7 nitrogen and oxygen atoms in total. The van der Waals surface area contributed by atoms with E-state index < -0.39 is 52.3 Å². The minimum Gasteiger partial charge on any atom is -0.392 e. The summed E-state index contributed by atoms with van der Waals surface area (Å²) < 4.78 is 50.7. The van der Waals surface area contributed by atoms with Crippen molar-refractivity contribution < 1.29 is 23.0 Å². The Balaban J connectivity index is 1.75. The Morgan fingerprint density at radius 2 is 2.03 bits per heavy atom. The fraction of sp³-hybridized carbons (Fsp3) is 0.565. The summed E-state index contributed by atoms with van der Waals surface area (Å²) in [6, 6.07) is 1.83. The van der Waals surface area contributed by atoms with Crippen molar-refractivity contribution >= 4 is 16.9 Å². The fourth-order valence-electron chi connectivity index (χ4n) is 5.80. The van der Waals surface area contributed by atoms with Crippen LogP contribution in [-0.4, -0.2) is 41.3 Å². The van der Waals surface area contributed by atoms with Gasteiger partial charge in [-0.15, -0.1) is 11.3 Å². The van der Waals surface area contributed by atoms with Crippen LogP contribution in [0.3, 0.4) is 0 Å². The van der Waals surface area contributed by atoms with E-state index in [0.29, 0.717) is 30.6 Å². The molecule has 3 aliphatic carbocycles. The minimum absolute atomic E-state index is 0.0333. The van der Waals surface area contributed by atoms with Crippen molar-refractivity contribution in [2.45, 2.75) is 56.2 Å². The number of methoxy groups -OCH3 is 1. The fourth-order valence-corrected chi connectivity index (χ4v) is 7.29. The molecule has 0 amide bonds. The number of rotatable bonds is 6. The Morgan fingerprint density at radius 3 is 2.65 bits per heavy atom. The van der Waals surface area contributed by atoms with Crippen LogP contribution in [0.1, 0.15) is 51.9 Å². The monoisotopic (exact) mass is 497 g/mol. The van der Waals surface area contributed by atoms with Gasteiger partial charge >= 0.3 is 5.69 Å². The molecule has 1 saturated carbocycles. The van der Waals surface area contributed by atoms with Crippen molar-refractivity contribution in [3.8, 4) is 0 Å². The highest BCUT2D eigenvalue weighted by Crippen LogP contribution is 2.64. The maximum absolute atomic E-state index is 16.4. The molecular weight excluding hydrogens is 471 g/mol. The summed E-state index contributed by atoms with van der Waals surface area (Å²) in [7, 11) is 1.33. The summed E-state index contributed by atoms with van der Waals surface area (Å²) >= 11 is 1.36. The van der Waals surface area contributed by atoms with E-state index in [1.807, 2.05) is 11.1 Å². The molecule has 4 atom stereocenters. The number of nitrogens with one attached hydrogen (secondary N) is 2. The molecule has 0 radical (unpaired) electrons. The van der Waals surface area contributed by atoms with Gasteiger partial charge in [-0.05, 0) is 55.6 Å². The van der Waals surface area contributed by atoms with Gasteiger partial charge in [0.25, 0.3) is 12.0 Å². The number of aliphatic hydroxyl groups is 1. The zero-order chi connectivity index (χ0) is 24.4. The Hall–Kier alpha value is -2.21. The average Bonchev–Trinajstić information content (AvgIpc) is 3.56. The number of aryl methyl sites for hydroxylation is 1. The smallest absolute Gasteiger partial charge is 0.326 e. The Bertz CT molecular complexity index is 1260. The molecule has 4 unspecified atom stereocenters. The summed E-state index contributed by atoms with van der Waals surface area (Å²) in [6.45, 7) is 0.141. The second-order valence-electron chi connectivity index (χ2n) is 9.35. The molecule has 2 aromatic rings. The number of alkyl halides is 2. The zero-order valence-corrected chi connectivity index (χ0v) is 19.3. The summed E-state index contributed by atoms with van der Waals surface area (Å²) in [5, 5.41) is 10.2. The van der Waals surface area contributed by atoms with Crippen molar-refractivity contribution in [3.05, 3.63) is 59.3 Å². The van der Waals surface area contributed by atoms with Crippen molar-refractivity contribution in [1.82, 2.24) is 9.97 Å². The van der Waals surface area contributed by atoms with Crippen LogP contribution in [0, 0.1) is 11.8 Å². The number of aliphatic hydroxyl groups excluding tert-OH is 1. The van der Waals surface area contributed by atoms with Crippen LogP contribution in [0.5, 0.6) is 0 Å². The van der Waals surface area contributed by atoms with E-state index >= 15 is 4.39 Å². The molecule has 0 spiro atoms. The molecule has 5 rings (SSSR count). The molecule has 0 bridgehead atoms. The molecule has 2 heterocycles. The molecule has 2 aromatic heterocycles. The van der Waals surface area contributed by atoms with Gasteiger partial charge in [0.1, 0.15) is 11.9 Å². The number of aromatic nitrogens is 2. The number of aromatic amines is 2. The average molecular weight is 498 g/mol. The maximum atomic E-state index is 16.4. The highest BCUT2D eigenvalue weighted by atomic mass is 32.1. The molecule has 1 fully saturated rings. The molecule has 3 aliphatic rings. The summed E-state index contributed by atoms with van der Waals surface area (Å²) in [4.78, 5) is 30.6. The first-order chi connectivity index (χ1) is 16.2. The SMILES string of the molecule is COC1c2[nH]c(=O)[nH]c(=O)c2C(C(F)F)=C(F)C1(c1cc2c(s1)CCC(C(O)CN)C2)C1CC1. The van der Waals surface area contributed by atoms with E-state index in [1.54, 1.807) is 0 Å². The van der Waals surface area contributed by atoms with E-state index in [-0.39, 0.29) is 24.1 Å². The van der Waals surface area contributed by atoms with Crippen LogP contribution in [0.4, 0.5) is 13.2 Å². The highest BCUT2D eigenvalue weighted by Gasteiger charge is 2.61. The second kappa shape index (κ2) is 8.47. The van der Waals surface area contributed by atoms with Gasteiger partial charge in [-0.2, -0.15) is 0 Å². The third kappa shape index (κ3) is 3.35. The van der Waals surface area contributed by atoms with E-state index in [9.17, 15) is 23.5 Å². The predicted octanol–water partition coefficient (Wildman–Crippen LogP) is 2.54. The van der Waals surface area contributed by atoms with Crippen LogP contribution in [-0.2, 0) is 23.0 Å². The second-order valence-corrected chi connectivity index (χ2v) is 10.5. The van der Waals surface area contributed by atoms with Gasteiger partial charge in [-0.25, -0.2) is 18.0 Å². The molecule has 34 heavy (non-hydrogen) atoms. The zero-order valence-electron chi connectivity index (χ0n) is 18.5. The number of fused-ring (bicyclic) bond motifs is 2. The number of halogens is 3. The quantitative estimate of drug-likeness (QED) is 0.489. The number of H-pyrrole nitrogens is 2. The third-order valence-electron chi connectivity index (χ3n) is 7.51. The predicted molar refractivity (Wildman–Crippen MR) is 121 cm³/mol. The van der Waals surface area contributed by atoms with Gasteiger partial charge < -0.3 is 20.6 Å². The molecular formula is C23H26F3N3O4S. The molecule has 184 valence electrons. The molecule has 0 aliphatic heterocycles. The lowest BCUT2D eigenvalue weighted by atomic mass is 9.67. The number of ether oxygens (including phenoxy) is 1. The molecule has 0 saturated heterocycles. The van der Waals surface area contributed by atoms with E-state index in [2.05, 4.69) is 4.98 Å². The van der Waals surface area contributed by atoms with E-state index in [0.717, 1.165) is 16.9 Å². The van der Waals surface area contributed by atoms with Gasteiger partial charge in [0, 0.05) is 23.4 Å². The first kappa shape index (κ1) is 23.5. The van der Waals surface area contributed by atoms with Crippen molar-refractivity contribution in [2.75, 3.05) is 13.7 Å². The first-order valence-electron chi connectivity index (χ1n) is 11.3. The van der Waals surface area contributed by atoms with E-state index in [4.69, 9.17) is 10.5 Å². The van der Waals surface area contributed by atoms with Crippen LogP contribution >= 0.6 is 11.3 Å². The number of nitrogens with two attached hydrogens (primary N) is 1. The van der Waals surface area contributed by atoms with Crippen LogP contribution < -0.4 is 17.0 Å². The van der Waals surface area contributed by atoms with Gasteiger partial charge in [-0.1, -0.05) is 0 Å². The normalized spacial score (nSPS) is 27.6. The number of hydrogen-bond acceptors (Lipinski definition) is 6. The highest BCUT2D eigenvalue weighted by molar-refractivity contribution is 7.12. The maximum Gasteiger partial charge on any atom is 0.326 e. The Kier molecular flexibility index (Phi) is 5.86. The summed E-state index contributed by atoms with van der Waals surface area (Å²) in [5.74, 6) is -1.43. The minimum atomic E-state index is -3.26. The van der Waals surface area contributed by atoms with Gasteiger partial charge in [-0.3, -0.25) is 9.78 Å². The first-order valence-corrected chi connectivity index (χ1v) is 12.1. The number of hydrogen-bond donors (Lipinski definition) is 4. The van der Waals surface area contributed by atoms with Gasteiger partial charge in [0.15, 0.2) is 0 Å². The Labute approximate surface area is 196 Å². The molecule has 0 aromatic carbocycles. The van der Waals surface area contributed by atoms with Crippen molar-refractivity contribution in [3.63, 3.8) is 0 Å². The lowest BCUT2D eigenvalue weighted by molar-refractivity contribution is 0.0192. The lowest BCUT2D eigenvalue weighted by Crippen LogP contribution is -2.45. The summed E-state index contributed by atoms with van der Waals surface area (Å²) in [6.07, 6.45) is -1.92. The summed E-state index contributed by atoms with van der Waals surface area (Å²) in [5.41, 5.74) is 1.38. The van der Waals surface area contributed by atoms with Crippen LogP contribution in [0.25, 0.3) is 5.57 Å². The van der Waals surface area contributed by atoms with Crippen LogP contribution in [0.15, 0.2) is 21.5 Å². The van der Waals surface area contributed by atoms with Gasteiger partial charge in [0.2, 0.25) is 0 Å². The standard InChI is InChI=1S/C23H26F3N3O4S/c1-33-19-17-15(21(31)29-22(32)28-17)16(20(25)26)18(24)23(19,11-3-4-11)14-7-10-6-9(12(30)8-27)2-5-13(10)34-14/h7,9,11-12,19-20,30H,2-6,8,27H2,1H3,(H2,28,29,31,32). The largest absolute Gasteiger partial charge is 0.392 e. The van der Waals surface area contributed by atoms with Crippen LogP contribution in [0.2, 0.25) is 0 Å². The molecule has 11 heteroatoms. The lowest BCUT2D eigenvalue weighted by Gasteiger charge is -2.43. The topological polar surface area (TPSA) is 121 Å². The third-order valence-corrected chi connectivity index (χ3v) is 8.89. The number of thiophene rings is 1. The Morgan fingerprint density at radius 1 is 1.29 bits per heavy atom. The number of allylic oxidation sites excluding steroid dienone is 1. The molecule has 5 N–H and O–H groups in total.